The van der Waals surface area contributed by atoms with E-state index >= 15 is 0 Å². The van der Waals surface area contributed by atoms with Crippen LogP contribution in [0.15, 0.2) is 23.7 Å². The Hall–Kier alpha value is -1.03. The second-order valence-electron chi connectivity index (χ2n) is 2.06. The Labute approximate surface area is 68.0 Å². The Bertz CT molecular complexity index is 249. The quantitative estimate of drug-likeness (QED) is 0.598. The number of hydrogen-bond donors (Lipinski definition) is 1. The molecule has 3 nitrogen and oxygen atoms in total. The average Bonchev–Trinajstić information content (AvgIpc) is 1.94. The number of carbonyl (C=O) groups excluding carboxylic acids is 1. The van der Waals surface area contributed by atoms with Crippen LogP contribution in [-0.2, 0) is 4.79 Å². The smallest absolute Gasteiger partial charge is 0.249 e. The lowest BCUT2D eigenvalue weighted by Crippen LogP contribution is -2.24. The fourth-order valence-electron chi connectivity index (χ4n) is 0.722. The van der Waals surface area contributed by atoms with Crippen molar-refractivity contribution in [2.75, 3.05) is 6.54 Å². The number of nitrogens with zero attached hydrogens (tertiary/aromatic N) is 1. The minimum atomic E-state index is -0.780. The lowest BCUT2D eigenvalue weighted by Gasteiger charge is -2.15. The standard InChI is InChI=1S/C6H6ClFN2O/c7-10-2-1-5(8)4(3-10)6(9)11/h1-2H,3H2,(H2,9,11). The van der Waals surface area contributed by atoms with E-state index in [0.717, 1.165) is 10.5 Å². The minimum Gasteiger partial charge on any atom is -0.366 e. The van der Waals surface area contributed by atoms with Gasteiger partial charge in [0.15, 0.2) is 0 Å². The summed E-state index contributed by atoms with van der Waals surface area (Å²) in [6, 6.07) is 0. The van der Waals surface area contributed by atoms with Gasteiger partial charge in [-0.25, -0.2) is 4.39 Å². The molecule has 1 amide bonds. The molecule has 1 aliphatic rings. The van der Waals surface area contributed by atoms with E-state index in [2.05, 4.69) is 0 Å². The molecule has 0 aromatic heterocycles. The summed E-state index contributed by atoms with van der Waals surface area (Å²) >= 11 is 5.46. The topological polar surface area (TPSA) is 46.3 Å². The summed E-state index contributed by atoms with van der Waals surface area (Å²) in [6.07, 6.45) is 2.42. The van der Waals surface area contributed by atoms with Crippen LogP contribution in [0.1, 0.15) is 0 Å². The summed E-state index contributed by atoms with van der Waals surface area (Å²) in [5, 5.41) is 0. The number of primary amides is 1. The molecule has 1 aliphatic heterocycles. The van der Waals surface area contributed by atoms with Gasteiger partial charge < -0.3 is 5.73 Å². The first kappa shape index (κ1) is 8.07. The van der Waals surface area contributed by atoms with E-state index < -0.39 is 11.7 Å². The highest BCUT2D eigenvalue weighted by Gasteiger charge is 2.16. The van der Waals surface area contributed by atoms with E-state index in [1.165, 1.54) is 6.20 Å². The van der Waals surface area contributed by atoms with Gasteiger partial charge in [-0.3, -0.25) is 9.21 Å². The van der Waals surface area contributed by atoms with Crippen LogP contribution in [0.2, 0.25) is 0 Å². The van der Waals surface area contributed by atoms with E-state index in [1.54, 1.807) is 0 Å². The number of amides is 1. The number of halogens is 2. The van der Waals surface area contributed by atoms with Crippen molar-refractivity contribution in [1.82, 2.24) is 4.42 Å². The Morgan fingerprint density at radius 3 is 2.91 bits per heavy atom. The highest BCUT2D eigenvalue weighted by Crippen LogP contribution is 2.16. The zero-order chi connectivity index (χ0) is 8.43. The minimum absolute atomic E-state index is 0.0131. The van der Waals surface area contributed by atoms with Crippen LogP contribution in [-0.4, -0.2) is 16.9 Å². The molecule has 0 aromatic carbocycles. The Morgan fingerprint density at radius 1 is 1.82 bits per heavy atom. The SMILES string of the molecule is NC(=O)C1=C(F)C=CN(Cl)C1. The van der Waals surface area contributed by atoms with Gasteiger partial charge in [0.05, 0.1) is 12.1 Å². The third-order valence-corrected chi connectivity index (χ3v) is 1.51. The molecule has 0 bridgehead atoms. The number of rotatable bonds is 1. The predicted octanol–water partition coefficient (Wildman–Crippen LogP) is 0.678. The first-order chi connectivity index (χ1) is 5.11. The van der Waals surface area contributed by atoms with Crippen molar-refractivity contribution < 1.29 is 9.18 Å². The number of allylic oxidation sites excluding steroid dienone is 2. The van der Waals surface area contributed by atoms with Crippen molar-refractivity contribution in [3.05, 3.63) is 23.7 Å². The van der Waals surface area contributed by atoms with Gasteiger partial charge in [-0.05, 0) is 6.08 Å². The lowest BCUT2D eigenvalue weighted by molar-refractivity contribution is -0.114. The van der Waals surface area contributed by atoms with E-state index in [-0.39, 0.29) is 12.1 Å². The highest BCUT2D eigenvalue weighted by atomic mass is 35.5. The molecule has 0 spiro atoms. The molecule has 11 heavy (non-hydrogen) atoms. The molecule has 0 saturated heterocycles. The van der Waals surface area contributed by atoms with E-state index in [9.17, 15) is 9.18 Å². The van der Waals surface area contributed by atoms with E-state index in [1.807, 2.05) is 0 Å². The molecule has 0 aliphatic carbocycles. The van der Waals surface area contributed by atoms with Crippen molar-refractivity contribution >= 4 is 17.7 Å². The molecule has 1 heterocycles. The van der Waals surface area contributed by atoms with E-state index in [0.29, 0.717) is 0 Å². The van der Waals surface area contributed by atoms with E-state index in [4.69, 9.17) is 17.5 Å². The third-order valence-electron chi connectivity index (χ3n) is 1.28. The van der Waals surface area contributed by atoms with Gasteiger partial charge in [-0.2, -0.15) is 0 Å². The summed E-state index contributed by atoms with van der Waals surface area (Å²) in [7, 11) is 0. The predicted molar refractivity (Wildman–Crippen MR) is 39.0 cm³/mol. The van der Waals surface area contributed by atoms with Crippen LogP contribution >= 0.6 is 11.8 Å². The average molecular weight is 177 g/mol. The van der Waals surface area contributed by atoms with Gasteiger partial charge in [0.25, 0.3) is 0 Å². The normalized spacial score (nSPS) is 17.5. The molecule has 0 unspecified atom stereocenters. The van der Waals surface area contributed by atoms with Crippen molar-refractivity contribution in [1.29, 1.82) is 0 Å². The summed E-state index contributed by atoms with van der Waals surface area (Å²) < 4.78 is 13.8. The summed E-state index contributed by atoms with van der Waals surface area (Å²) in [5.74, 6) is -1.40. The maximum absolute atomic E-state index is 12.7. The maximum Gasteiger partial charge on any atom is 0.249 e. The molecule has 0 saturated carbocycles. The Morgan fingerprint density at radius 2 is 2.45 bits per heavy atom. The second kappa shape index (κ2) is 2.92. The van der Waals surface area contributed by atoms with Crippen LogP contribution in [0.25, 0.3) is 0 Å². The zero-order valence-electron chi connectivity index (χ0n) is 5.55. The van der Waals surface area contributed by atoms with Crippen LogP contribution in [0, 0.1) is 0 Å². The zero-order valence-corrected chi connectivity index (χ0v) is 6.31. The largest absolute Gasteiger partial charge is 0.366 e. The highest BCUT2D eigenvalue weighted by molar-refractivity contribution is 6.14. The summed E-state index contributed by atoms with van der Waals surface area (Å²) in [5.41, 5.74) is 4.77. The molecule has 0 fully saturated rings. The lowest BCUT2D eigenvalue weighted by atomic mass is 10.2. The number of nitrogens with two attached hydrogens (primary N) is 1. The Kier molecular flexibility index (Phi) is 2.14. The van der Waals surface area contributed by atoms with Crippen LogP contribution < -0.4 is 5.73 Å². The number of carbonyl (C=O) groups is 1. The van der Waals surface area contributed by atoms with Crippen LogP contribution in [0.5, 0.6) is 0 Å². The Balaban J connectivity index is 2.90. The van der Waals surface area contributed by atoms with Crippen molar-refractivity contribution in [2.24, 2.45) is 5.73 Å². The van der Waals surface area contributed by atoms with Crippen molar-refractivity contribution in [2.45, 2.75) is 0 Å². The molecule has 0 atom stereocenters. The first-order valence-electron chi connectivity index (χ1n) is 2.90. The molecular weight excluding hydrogens is 171 g/mol. The van der Waals surface area contributed by atoms with Gasteiger partial charge in [0.2, 0.25) is 5.91 Å². The van der Waals surface area contributed by atoms with Gasteiger partial charge in [-0.1, -0.05) is 0 Å². The fourth-order valence-corrected chi connectivity index (χ4v) is 0.898. The molecule has 5 heteroatoms. The van der Waals surface area contributed by atoms with Gasteiger partial charge >= 0.3 is 0 Å². The monoisotopic (exact) mass is 176 g/mol. The molecule has 60 valence electrons. The van der Waals surface area contributed by atoms with Gasteiger partial charge in [-0.15, -0.1) is 0 Å². The number of hydrogen-bond acceptors (Lipinski definition) is 2. The van der Waals surface area contributed by atoms with Crippen LogP contribution in [0.3, 0.4) is 0 Å². The fraction of sp³-hybridized carbons (Fsp3) is 0.167. The maximum atomic E-state index is 12.7. The molecular formula is C6H6ClFN2O. The molecule has 0 aromatic rings. The van der Waals surface area contributed by atoms with Crippen LogP contribution in [0.4, 0.5) is 4.39 Å². The van der Waals surface area contributed by atoms with Crippen molar-refractivity contribution in [3.8, 4) is 0 Å². The molecule has 1 rings (SSSR count). The van der Waals surface area contributed by atoms with Gasteiger partial charge in [0.1, 0.15) is 5.83 Å². The molecule has 0 radical (unpaired) electrons. The van der Waals surface area contributed by atoms with Crippen molar-refractivity contribution in [3.63, 3.8) is 0 Å². The third kappa shape index (κ3) is 1.71. The second-order valence-corrected chi connectivity index (χ2v) is 2.50. The molecule has 2 N–H and O–H groups in total. The summed E-state index contributed by atoms with van der Waals surface area (Å²) in [4.78, 5) is 10.5. The van der Waals surface area contributed by atoms with Gasteiger partial charge in [0, 0.05) is 18.0 Å². The summed E-state index contributed by atoms with van der Waals surface area (Å²) in [6.45, 7) is 0.0131. The first-order valence-corrected chi connectivity index (χ1v) is 3.24.